The lowest BCUT2D eigenvalue weighted by atomic mass is 9.69. The van der Waals surface area contributed by atoms with Gasteiger partial charge < -0.3 is 30.8 Å². The Labute approximate surface area is 489 Å². The number of aromatic nitrogens is 1. The number of nitrogens with two attached hydrogens (primary N) is 1. The first-order valence-corrected chi connectivity index (χ1v) is 31.0. The fourth-order valence-corrected chi connectivity index (χ4v) is 13.9. The number of piperidine rings is 1. The first kappa shape index (κ1) is 61.6. The molecule has 4 aromatic rings. The van der Waals surface area contributed by atoms with E-state index in [1.165, 1.54) is 55.5 Å². The van der Waals surface area contributed by atoms with E-state index in [9.17, 15) is 14.4 Å². The third kappa shape index (κ3) is 14.7. The zero-order valence-corrected chi connectivity index (χ0v) is 50.8. The van der Waals surface area contributed by atoms with E-state index in [1.807, 2.05) is 65.5 Å². The molecule has 13 nitrogen and oxygen atoms in total. The lowest BCUT2D eigenvalue weighted by Crippen LogP contribution is -2.47. The number of fused-ring (bicyclic) bond motifs is 2. The molecule has 2 aliphatic carbocycles. The number of hydrogen-bond acceptors (Lipinski definition) is 11. The Hall–Kier alpha value is -5.44. The standard InChI is InChI=1S/C41H56ClN5O2.C24H32N4O2.C2H6/c1-40(2,3)38(27-49)45-24-35(43)30-13-11-28(12-14-30)25-46-21-17-29(18-22-46)31-15-16-33-37(23-31)47(36-10-8-9-34(42)32(36)26-48)39(44-4)41(33)19-6-5-7-20-41;1-18-21(5-3-11-25-18)19-7-9-20(10-8-19)22(17-28-13-15-30-16-14-28)26-24(29)23-6-4-12-27(23)2;1-2/h8-10,15-16,23-24,26-30,38,45H,5-7,11-14,17-22,25,43H2,1-4H3;3,5,7-11,22-23H,4,6,12-17H2,1-2H3,(H,26,29);1-2H3/b35-24-,44-39?;;. The fraction of sp³-hybridized carbons (Fsp3) is 0.567. The molecular weight excluding hydrogens is 1030 g/mol. The number of amides is 1. The molecule has 6 aliphatic rings. The summed E-state index contributed by atoms with van der Waals surface area (Å²) >= 11 is 6.58. The zero-order valence-electron chi connectivity index (χ0n) is 50.0. The number of amidine groups is 1. The van der Waals surface area contributed by atoms with Crippen LogP contribution in [0.3, 0.4) is 0 Å². The van der Waals surface area contributed by atoms with Crippen molar-refractivity contribution in [2.75, 3.05) is 78.0 Å². The summed E-state index contributed by atoms with van der Waals surface area (Å²) in [6.45, 7) is 20.7. The maximum absolute atomic E-state index is 13.0. The Morgan fingerprint density at radius 2 is 1.58 bits per heavy atom. The van der Waals surface area contributed by atoms with E-state index in [4.69, 9.17) is 27.1 Å². The summed E-state index contributed by atoms with van der Waals surface area (Å²) in [5.41, 5.74) is 16.8. The molecule has 3 atom stereocenters. The molecule has 2 saturated carbocycles. The number of rotatable bonds is 15. The number of hydrogen-bond donors (Lipinski definition) is 3. The SMILES string of the molecule is CC.CN=C1N(c2cccc(Cl)c2C=O)c2cc(C3CCN(CC4CCC(/C(N)=C/NC(C=O)C(C)(C)C)CC4)CC3)ccc2C12CCCCC2.Cc1ncccc1-c1ccc(C(CN2CCOCC2)NC(=O)C2CCCN2C)cc1. The van der Waals surface area contributed by atoms with Crippen molar-refractivity contribution in [3.8, 4) is 11.1 Å². The molecule has 10 rings (SSSR count). The molecule has 5 fully saturated rings. The number of nitrogens with one attached hydrogen (secondary N) is 2. The van der Waals surface area contributed by atoms with E-state index in [0.717, 1.165) is 156 Å². The van der Waals surface area contributed by atoms with E-state index in [0.29, 0.717) is 28.3 Å². The van der Waals surface area contributed by atoms with E-state index in [1.54, 1.807) is 6.07 Å². The van der Waals surface area contributed by atoms with Gasteiger partial charge in [0.15, 0.2) is 6.29 Å². The topological polar surface area (TPSA) is 149 Å². The third-order valence-corrected chi connectivity index (χ3v) is 18.8. The van der Waals surface area contributed by atoms with E-state index in [2.05, 4.69) is 105 Å². The van der Waals surface area contributed by atoms with Gasteiger partial charge in [0.2, 0.25) is 5.91 Å². The lowest BCUT2D eigenvalue weighted by Gasteiger charge is -2.37. The van der Waals surface area contributed by atoms with Crippen molar-refractivity contribution in [1.82, 2.24) is 30.3 Å². The maximum Gasteiger partial charge on any atom is 0.237 e. The van der Waals surface area contributed by atoms with Crippen LogP contribution in [0, 0.1) is 24.2 Å². The first-order valence-electron chi connectivity index (χ1n) is 30.6. The molecule has 0 radical (unpaired) electrons. The normalized spacial score (nSPS) is 23.1. The van der Waals surface area contributed by atoms with Gasteiger partial charge in [-0.3, -0.25) is 34.3 Å². The number of nitrogens with zero attached hydrogens (tertiary/aromatic N) is 6. The predicted molar refractivity (Wildman–Crippen MR) is 332 cm³/mol. The van der Waals surface area contributed by atoms with Crippen molar-refractivity contribution in [3.05, 3.63) is 124 Å². The maximum atomic E-state index is 13.0. The number of carbonyl (C=O) groups is 3. The zero-order chi connectivity index (χ0) is 57.7. The average molecular weight is 1130 g/mol. The van der Waals surface area contributed by atoms with Gasteiger partial charge >= 0.3 is 0 Å². The number of anilines is 2. The number of benzene rings is 3. The summed E-state index contributed by atoms with van der Waals surface area (Å²) in [7, 11) is 3.94. The van der Waals surface area contributed by atoms with Gasteiger partial charge in [0.1, 0.15) is 12.1 Å². The minimum Gasteiger partial charge on any atom is -0.401 e. The largest absolute Gasteiger partial charge is 0.401 e. The van der Waals surface area contributed by atoms with Crippen LogP contribution < -0.4 is 21.3 Å². The van der Waals surface area contributed by atoms with Crippen LogP contribution in [-0.4, -0.2) is 129 Å². The minimum atomic E-state index is -0.240. The summed E-state index contributed by atoms with van der Waals surface area (Å²) in [6.07, 6.45) is 20.3. The van der Waals surface area contributed by atoms with Crippen molar-refractivity contribution < 1.29 is 19.1 Å². The number of carbonyl (C=O) groups excluding carboxylic acids is 3. The van der Waals surface area contributed by atoms with Crippen LogP contribution in [0.4, 0.5) is 11.4 Å². The third-order valence-electron chi connectivity index (χ3n) is 18.4. The van der Waals surface area contributed by atoms with Crippen molar-refractivity contribution in [3.63, 3.8) is 0 Å². The van der Waals surface area contributed by atoms with E-state index >= 15 is 0 Å². The van der Waals surface area contributed by atoms with Crippen LogP contribution in [0.5, 0.6) is 0 Å². The number of likely N-dealkylation sites (tertiary alicyclic amines) is 2. The number of likely N-dealkylation sites (N-methyl/N-ethyl adjacent to an activating group) is 1. The second-order valence-electron chi connectivity index (χ2n) is 24.5. The molecule has 3 saturated heterocycles. The van der Waals surface area contributed by atoms with Crippen LogP contribution >= 0.6 is 11.6 Å². The van der Waals surface area contributed by atoms with Gasteiger partial charge in [-0.15, -0.1) is 0 Å². The molecule has 438 valence electrons. The Morgan fingerprint density at radius 1 is 0.864 bits per heavy atom. The summed E-state index contributed by atoms with van der Waals surface area (Å²) in [6, 6.07) is 25.3. The Morgan fingerprint density at radius 3 is 2.21 bits per heavy atom. The Bertz CT molecular complexity index is 2770. The van der Waals surface area contributed by atoms with Gasteiger partial charge in [0.05, 0.1) is 58.7 Å². The van der Waals surface area contributed by atoms with Crippen LogP contribution in [0.1, 0.15) is 163 Å². The number of aliphatic imine (C=N–C) groups is 1. The molecule has 3 unspecified atom stereocenters. The highest BCUT2D eigenvalue weighted by Crippen LogP contribution is 2.54. The highest BCUT2D eigenvalue weighted by atomic mass is 35.5. The molecule has 1 spiro atoms. The van der Waals surface area contributed by atoms with Crippen molar-refractivity contribution in [1.29, 1.82) is 0 Å². The molecule has 1 amide bonds. The second kappa shape index (κ2) is 28.7. The molecule has 81 heavy (non-hydrogen) atoms. The van der Waals surface area contributed by atoms with Gasteiger partial charge in [-0.05, 0) is 168 Å². The molecule has 4 N–H and O–H groups in total. The first-order chi connectivity index (χ1) is 39.2. The van der Waals surface area contributed by atoms with Crippen molar-refractivity contribution in [2.24, 2.45) is 28.0 Å². The molecular formula is C67H94ClN9O4. The van der Waals surface area contributed by atoms with Crippen LogP contribution in [0.2, 0.25) is 5.02 Å². The fourth-order valence-electron chi connectivity index (χ4n) is 13.6. The summed E-state index contributed by atoms with van der Waals surface area (Å²) in [5.74, 6) is 2.80. The van der Waals surface area contributed by atoms with E-state index < -0.39 is 0 Å². The van der Waals surface area contributed by atoms with Crippen molar-refractivity contribution in [2.45, 2.75) is 154 Å². The van der Waals surface area contributed by atoms with Crippen molar-refractivity contribution >= 4 is 47.3 Å². The van der Waals surface area contributed by atoms with Crippen LogP contribution in [-0.2, 0) is 19.7 Å². The highest BCUT2D eigenvalue weighted by molar-refractivity contribution is 6.34. The molecule has 1 aromatic heterocycles. The average Bonchev–Trinajstić information content (AvgIpc) is 2.57. The summed E-state index contributed by atoms with van der Waals surface area (Å²) in [4.78, 5) is 55.7. The molecule has 5 heterocycles. The molecule has 3 aromatic carbocycles. The Kier molecular flexibility index (Phi) is 21.8. The highest BCUT2D eigenvalue weighted by Gasteiger charge is 2.50. The van der Waals surface area contributed by atoms with Gasteiger partial charge in [0.25, 0.3) is 0 Å². The number of aryl methyl sites for hydroxylation is 1. The summed E-state index contributed by atoms with van der Waals surface area (Å²) in [5, 5.41) is 7.09. The van der Waals surface area contributed by atoms with Crippen LogP contribution in [0.25, 0.3) is 11.1 Å². The number of allylic oxidation sites excluding steroid dienone is 1. The van der Waals surface area contributed by atoms with Gasteiger partial charge in [-0.2, -0.15) is 0 Å². The number of halogens is 1. The number of ether oxygens (including phenoxy) is 1. The number of morpholine rings is 1. The number of pyridine rings is 1. The van der Waals surface area contributed by atoms with Gasteiger partial charge in [0, 0.05) is 62.6 Å². The molecule has 4 aliphatic heterocycles. The smallest absolute Gasteiger partial charge is 0.237 e. The molecule has 0 bridgehead atoms. The minimum absolute atomic E-state index is 0.0190. The lowest BCUT2D eigenvalue weighted by molar-refractivity contribution is -0.126. The van der Waals surface area contributed by atoms with Gasteiger partial charge in [-0.25, -0.2) is 0 Å². The quantitative estimate of drug-likeness (QED) is 0.0977. The summed E-state index contributed by atoms with van der Waals surface area (Å²) < 4.78 is 5.50. The predicted octanol–water partition coefficient (Wildman–Crippen LogP) is 12.2. The second-order valence-corrected chi connectivity index (χ2v) is 25.0. The monoisotopic (exact) mass is 1120 g/mol. The van der Waals surface area contributed by atoms with Crippen LogP contribution in [0.15, 0.2) is 95.9 Å². The molecule has 14 heteroatoms. The Balaban J connectivity index is 0.000000230. The number of aldehydes is 2. The van der Waals surface area contributed by atoms with Gasteiger partial charge in [-0.1, -0.05) is 114 Å². The van der Waals surface area contributed by atoms with E-state index in [-0.39, 0.29) is 34.9 Å².